The molecule has 8 saturated heterocycles. The highest BCUT2D eigenvalue weighted by Gasteiger charge is 2.40. The van der Waals surface area contributed by atoms with E-state index in [0.29, 0.717) is 78.8 Å². The maximum Gasteiger partial charge on any atom is 0.228 e. The predicted molar refractivity (Wildman–Crippen MR) is 523 cm³/mol. The van der Waals surface area contributed by atoms with Crippen molar-refractivity contribution in [3.05, 3.63) is 189 Å². The molecule has 132 heavy (non-hydrogen) atoms. The van der Waals surface area contributed by atoms with Crippen LogP contribution in [-0.2, 0) is 72.1 Å². The molecule has 8 fully saturated rings. The third-order valence-corrected chi connectivity index (χ3v) is 24.8. The Kier molecular flexibility index (Phi) is 41.4. The van der Waals surface area contributed by atoms with Gasteiger partial charge < -0.3 is 89.4 Å². The first-order chi connectivity index (χ1) is 62.1. The van der Waals surface area contributed by atoms with E-state index in [-0.39, 0.29) is 141 Å². The van der Waals surface area contributed by atoms with E-state index in [2.05, 4.69) is 50.1 Å². The number of morpholine rings is 4. The highest BCUT2D eigenvalue weighted by Crippen LogP contribution is 2.33. The number of carbonyl (C=O) groups excluding carboxylic acids is 7. The monoisotopic (exact) mass is 1850 g/mol. The highest BCUT2D eigenvalue weighted by atomic mass is 32.1. The van der Waals surface area contributed by atoms with Crippen LogP contribution in [0.1, 0.15) is 239 Å². The molecule has 0 saturated carbocycles. The molecule has 6 N–H and O–H groups in total. The van der Waals surface area contributed by atoms with Crippen molar-refractivity contribution in [1.29, 1.82) is 0 Å². The van der Waals surface area contributed by atoms with Gasteiger partial charge in [-0.2, -0.15) is 0 Å². The maximum absolute atomic E-state index is 12.4. The fourth-order valence-electron chi connectivity index (χ4n) is 16.9. The van der Waals surface area contributed by atoms with Crippen LogP contribution < -0.4 is 16.0 Å². The molecule has 14 rings (SSSR count). The summed E-state index contributed by atoms with van der Waals surface area (Å²) in [5, 5.41) is 41.4. The van der Waals surface area contributed by atoms with Gasteiger partial charge in [0.15, 0.2) is 0 Å². The molecule has 8 aliphatic rings. The van der Waals surface area contributed by atoms with Crippen LogP contribution in [0.4, 0.5) is 0 Å². The summed E-state index contributed by atoms with van der Waals surface area (Å²) in [6.07, 6.45) is 6.69. The molecule has 5 aromatic carbocycles. The maximum atomic E-state index is 12.4. The van der Waals surface area contributed by atoms with Crippen molar-refractivity contribution in [3.63, 3.8) is 0 Å². The molecular formula is C105H160N12O14S. The zero-order chi connectivity index (χ0) is 96.9. The van der Waals surface area contributed by atoms with E-state index in [4.69, 9.17) is 18.9 Å². The van der Waals surface area contributed by atoms with Gasteiger partial charge in [0.25, 0.3) is 0 Å². The summed E-state index contributed by atoms with van der Waals surface area (Å²) in [4.78, 5) is 106. The smallest absolute Gasteiger partial charge is 0.228 e. The molecule has 0 spiro atoms. The summed E-state index contributed by atoms with van der Waals surface area (Å²) in [6, 6.07) is 43.9. The van der Waals surface area contributed by atoms with Gasteiger partial charge >= 0.3 is 0 Å². The lowest BCUT2D eigenvalue weighted by atomic mass is 9.93. The fourth-order valence-corrected chi connectivity index (χ4v) is 17.6. The van der Waals surface area contributed by atoms with E-state index in [1.807, 2.05) is 276 Å². The van der Waals surface area contributed by atoms with Crippen molar-refractivity contribution in [1.82, 2.24) is 60.1 Å². The van der Waals surface area contributed by atoms with Crippen molar-refractivity contribution < 1.29 is 67.8 Å². The Labute approximate surface area is 793 Å². The number of carbonyl (C=O) groups is 7. The Morgan fingerprint density at radius 1 is 0.371 bits per heavy atom. The van der Waals surface area contributed by atoms with Crippen molar-refractivity contribution in [2.75, 3.05) is 157 Å². The normalized spacial score (nSPS) is 21.4. The fraction of sp³-hybridized carbons (Fsp3) is 0.619. The molecular weight excluding hydrogens is 1690 g/mol. The number of aromatic hydroxyl groups is 1. The van der Waals surface area contributed by atoms with Crippen molar-refractivity contribution >= 4 is 52.7 Å². The summed E-state index contributed by atoms with van der Waals surface area (Å²) in [5.74, 6) is 1.63. The summed E-state index contributed by atoms with van der Waals surface area (Å²) >= 11 is 1.58. The number of phenolic OH excluding ortho intramolecular Hbond substituents is 1. The number of thiazole rings is 1. The largest absolute Gasteiger partial charge is 0.508 e. The lowest BCUT2D eigenvalue weighted by molar-refractivity contribution is -0.148. The Morgan fingerprint density at radius 3 is 1.21 bits per heavy atom. The van der Waals surface area contributed by atoms with Crippen LogP contribution in [0.15, 0.2) is 145 Å². The molecule has 730 valence electrons. The summed E-state index contributed by atoms with van der Waals surface area (Å²) < 4.78 is 23.0. The highest BCUT2D eigenvalue weighted by molar-refractivity contribution is 7.09. The molecule has 7 amide bonds. The second-order valence-corrected chi connectivity index (χ2v) is 43.8. The van der Waals surface area contributed by atoms with E-state index < -0.39 is 0 Å². The molecule has 0 aliphatic carbocycles. The average Bonchev–Trinajstić information content (AvgIpc) is 0.969. The number of piperazine rings is 3. The molecule has 7 unspecified atom stereocenters. The first kappa shape index (κ1) is 109. The van der Waals surface area contributed by atoms with E-state index >= 15 is 0 Å². The number of amides is 7. The number of hydrogen-bond acceptors (Lipinski definition) is 20. The number of ether oxygens (including phenoxy) is 4. The van der Waals surface area contributed by atoms with Crippen LogP contribution in [0.2, 0.25) is 0 Å². The topological polar surface area (TPSA) is 292 Å². The van der Waals surface area contributed by atoms with Gasteiger partial charge in [0.2, 0.25) is 41.4 Å². The van der Waals surface area contributed by atoms with Crippen LogP contribution in [0.25, 0.3) is 0 Å². The van der Waals surface area contributed by atoms with Crippen LogP contribution >= 0.6 is 11.3 Å². The summed E-state index contributed by atoms with van der Waals surface area (Å²) in [6.45, 7) is 59.3. The molecule has 27 heteroatoms. The number of phenols is 1. The van der Waals surface area contributed by atoms with Gasteiger partial charge in [0.05, 0.1) is 71.0 Å². The second kappa shape index (κ2) is 50.3. The zero-order valence-electron chi connectivity index (χ0n) is 83.4. The van der Waals surface area contributed by atoms with Crippen LogP contribution in [0, 0.1) is 37.9 Å². The van der Waals surface area contributed by atoms with Gasteiger partial charge in [-0.1, -0.05) is 273 Å². The number of aliphatic hydroxyl groups excluding tert-OH is 2. The number of likely N-dealkylation sites (tertiary alicyclic amines) is 1. The number of rotatable bonds is 11. The van der Waals surface area contributed by atoms with Gasteiger partial charge in [-0.3, -0.25) is 33.6 Å². The number of benzene rings is 5. The Hall–Kier alpha value is -8.58. The first-order valence-corrected chi connectivity index (χ1v) is 48.6. The Morgan fingerprint density at radius 2 is 0.750 bits per heavy atom. The minimum Gasteiger partial charge on any atom is -0.508 e. The average molecular weight is 1850 g/mol. The lowest BCUT2D eigenvalue weighted by Gasteiger charge is -2.39. The van der Waals surface area contributed by atoms with Gasteiger partial charge in [-0.05, 0) is 77.0 Å². The van der Waals surface area contributed by atoms with Crippen molar-refractivity contribution in [2.24, 2.45) is 37.9 Å². The van der Waals surface area contributed by atoms with E-state index in [0.717, 1.165) is 105 Å². The van der Waals surface area contributed by atoms with E-state index in [1.54, 1.807) is 35.7 Å². The standard InChI is InChI=1S/2C16H24N2O2.C16H23NO2.C15H28N2O2.C15H22N2O.C15H21NO3.C12H18N2O2S/c1-16(2,3)15(20)18-8-7-17-14(10-18)13-6-4-5-12(9-13)11-19;1-16(2,3)15(20)18-9-8-17-14(10-18)13-7-5-4-6-12(13)11-19;1-16(2,3)15(18)17-9-10-19-14(12-17)11-13-7-5-4-6-8-13;1-15(2,3)14(18)17-9-10-19-13(12-17)11-16-7-5-4-6-8-16;1-15(2,3)14(18)17-10-9-16-13(11-17)12-7-5-4-6-8-12;1-15(2,3)14(18)16-7-8-19-13(10-16)11-5-4-6-12(17)9-11;1-12(2,3)11(15)14-5-6-16-9(8-14)10-13-4-7-17-10/h4-6,9,14,17,19H,7-8,10-11H2,1-3H3;4-7,14,17,19H,8-11H2,1-3H3;4-8,14H,9-12H2,1-3H3;13H,4-12H2,1-3H3;4-8,13,16H,9-11H2,1-3H3;4-6,9,13,17H,7-8,10H2,1-3H3;4,7,9H,5-6,8H2,1-3H3. The number of aliphatic hydroxyl groups is 2. The molecule has 0 bridgehead atoms. The second-order valence-electron chi connectivity index (χ2n) is 42.9. The van der Waals surface area contributed by atoms with E-state index in [9.17, 15) is 48.9 Å². The van der Waals surface area contributed by atoms with Crippen molar-refractivity contribution in [3.8, 4) is 5.75 Å². The van der Waals surface area contributed by atoms with Gasteiger partial charge in [-0.15, -0.1) is 11.3 Å². The number of nitrogens with zero attached hydrogens (tertiary/aromatic N) is 9. The quantitative estimate of drug-likeness (QED) is 0.0702. The van der Waals surface area contributed by atoms with E-state index in [1.165, 1.54) is 43.5 Å². The SMILES string of the molecule is CC(C)(C)C(=O)N1CCNC(c2cccc(CO)c2)C1.CC(C)(C)C(=O)N1CCNC(c2ccccc2)C1.CC(C)(C)C(=O)N1CCNC(c2ccccc2CO)C1.CC(C)(C)C(=O)N1CCOC(CN2CCCCC2)C1.CC(C)(C)C(=O)N1CCOC(Cc2ccccc2)C1.CC(C)(C)C(=O)N1CCOC(c2cccc(O)c2)C1.CC(C)(C)C(=O)N1CCOC(c2nccs2)C1. The predicted octanol–water partition coefficient (Wildman–Crippen LogP) is 14.3. The van der Waals surface area contributed by atoms with Crippen molar-refractivity contribution in [2.45, 2.75) is 227 Å². The molecule has 26 nitrogen and oxygen atoms in total. The molecule has 0 radical (unpaired) electrons. The minimum atomic E-state index is -0.374. The first-order valence-electron chi connectivity index (χ1n) is 47.7. The van der Waals surface area contributed by atoms with Crippen LogP contribution in [0.3, 0.4) is 0 Å². The molecule has 7 atom stereocenters. The molecule has 1 aromatic heterocycles. The summed E-state index contributed by atoms with van der Waals surface area (Å²) in [5.41, 5.74) is 5.19. The van der Waals surface area contributed by atoms with Gasteiger partial charge in [-0.25, -0.2) is 4.98 Å². The number of piperidine rings is 1. The van der Waals surface area contributed by atoms with Gasteiger partial charge in [0, 0.05) is 173 Å². The molecule has 6 aromatic rings. The number of hydrogen-bond donors (Lipinski definition) is 6. The number of nitrogens with one attached hydrogen (secondary N) is 3. The van der Waals surface area contributed by atoms with Crippen LogP contribution in [0.5, 0.6) is 5.75 Å². The Balaban J connectivity index is 0.000000190. The minimum absolute atomic E-state index is 0.0293. The third-order valence-electron chi connectivity index (χ3n) is 24.0. The molecule has 9 heterocycles. The van der Waals surface area contributed by atoms with Gasteiger partial charge in [0.1, 0.15) is 23.0 Å². The third kappa shape index (κ3) is 34.6. The Bertz CT molecular complexity index is 4540. The van der Waals surface area contributed by atoms with Crippen LogP contribution in [-0.4, -0.2) is 270 Å². The molecule has 8 aliphatic heterocycles. The number of aromatic nitrogens is 1. The summed E-state index contributed by atoms with van der Waals surface area (Å²) in [7, 11) is 0. The zero-order valence-corrected chi connectivity index (χ0v) is 84.2. The lowest BCUT2D eigenvalue weighted by Crippen LogP contribution is -2.52.